The molecule has 1 aromatic carbocycles. The van der Waals surface area contributed by atoms with Crippen LogP contribution in [0.5, 0.6) is 5.75 Å². The van der Waals surface area contributed by atoms with Gasteiger partial charge in [-0.2, -0.15) is 13.2 Å². The number of ether oxygens (including phenoxy) is 1. The fourth-order valence-corrected chi connectivity index (χ4v) is 1.42. The molecule has 1 rings (SSSR count). The van der Waals surface area contributed by atoms with Crippen LogP contribution in [-0.2, 0) is 4.79 Å². The molecule has 0 N–H and O–H groups in total. The molecule has 0 heterocycles. The van der Waals surface area contributed by atoms with Crippen LogP contribution < -0.4 is 4.74 Å². The number of rotatable bonds is 3. The van der Waals surface area contributed by atoms with Crippen LogP contribution in [0.4, 0.5) is 13.2 Å². The van der Waals surface area contributed by atoms with Crippen molar-refractivity contribution < 1.29 is 22.7 Å². The summed E-state index contributed by atoms with van der Waals surface area (Å²) >= 11 is 1.10. The molecule has 19 heavy (non-hydrogen) atoms. The Hall–Kier alpha value is -1.61. The zero-order chi connectivity index (χ0) is 14.3. The van der Waals surface area contributed by atoms with Crippen LogP contribution in [0.15, 0.2) is 24.3 Å². The van der Waals surface area contributed by atoms with E-state index in [-0.39, 0.29) is 10.9 Å². The third-order valence-corrected chi connectivity index (χ3v) is 2.53. The molecule has 0 fully saturated rings. The minimum absolute atomic E-state index is 0.00908. The van der Waals surface area contributed by atoms with E-state index in [4.69, 9.17) is 0 Å². The van der Waals surface area contributed by atoms with Gasteiger partial charge in [0.25, 0.3) is 0 Å². The van der Waals surface area contributed by atoms with Crippen LogP contribution >= 0.6 is 11.8 Å². The first-order valence-electron chi connectivity index (χ1n) is 5.29. The maximum Gasteiger partial charge on any atom is 0.422 e. The van der Waals surface area contributed by atoms with E-state index in [0.29, 0.717) is 11.3 Å². The molecule has 0 bridgehead atoms. The molecular weight excluding hydrogens is 277 g/mol. The summed E-state index contributed by atoms with van der Waals surface area (Å²) in [5.74, 6) is 6.11. The van der Waals surface area contributed by atoms with Gasteiger partial charge in [0.2, 0.25) is 0 Å². The quantitative estimate of drug-likeness (QED) is 0.799. The number of hydrogen-bond donors (Lipinski definition) is 0. The molecule has 1 aromatic rings. The van der Waals surface area contributed by atoms with Crippen molar-refractivity contribution in [3.8, 4) is 17.6 Å². The summed E-state index contributed by atoms with van der Waals surface area (Å²) in [6.45, 7) is 0.145. The lowest BCUT2D eigenvalue weighted by Gasteiger charge is -2.08. The highest BCUT2D eigenvalue weighted by Crippen LogP contribution is 2.18. The number of benzene rings is 1. The summed E-state index contributed by atoms with van der Waals surface area (Å²) in [6.07, 6.45) is -4.34. The van der Waals surface area contributed by atoms with Gasteiger partial charge in [-0.25, -0.2) is 0 Å². The van der Waals surface area contributed by atoms with E-state index in [1.54, 1.807) is 12.1 Å². The summed E-state index contributed by atoms with van der Waals surface area (Å²) in [5.41, 5.74) is 0.656. The molecule has 0 saturated carbocycles. The molecule has 0 unspecified atom stereocenters. The second kappa shape index (κ2) is 7.10. The monoisotopic (exact) mass is 288 g/mol. The Kier molecular flexibility index (Phi) is 5.77. The lowest BCUT2D eigenvalue weighted by molar-refractivity contribution is -0.153. The fraction of sp³-hybridized carbons (Fsp3) is 0.308. The molecule has 0 radical (unpaired) electrons. The third kappa shape index (κ3) is 7.42. The van der Waals surface area contributed by atoms with Crippen molar-refractivity contribution in [2.45, 2.75) is 13.1 Å². The van der Waals surface area contributed by atoms with Crippen LogP contribution in [0, 0.1) is 11.8 Å². The molecule has 2 nitrogen and oxygen atoms in total. The second-order valence-corrected chi connectivity index (χ2v) is 4.66. The summed E-state index contributed by atoms with van der Waals surface area (Å²) in [4.78, 5) is 10.6. The van der Waals surface area contributed by atoms with Crippen LogP contribution in [-0.4, -0.2) is 23.7 Å². The maximum atomic E-state index is 11.9. The van der Waals surface area contributed by atoms with Gasteiger partial charge < -0.3 is 4.74 Å². The molecule has 0 atom stereocenters. The number of carbonyl (C=O) groups excluding carboxylic acids is 1. The molecule has 0 amide bonds. The zero-order valence-corrected chi connectivity index (χ0v) is 10.9. The first-order valence-corrected chi connectivity index (χ1v) is 6.27. The minimum Gasteiger partial charge on any atom is -0.484 e. The summed E-state index contributed by atoms with van der Waals surface area (Å²) < 4.78 is 40.3. The van der Waals surface area contributed by atoms with Crippen LogP contribution in [0.25, 0.3) is 0 Å². The van der Waals surface area contributed by atoms with Crippen molar-refractivity contribution >= 4 is 16.9 Å². The Balaban J connectivity index is 2.49. The highest BCUT2D eigenvalue weighted by molar-refractivity contribution is 8.13. The van der Waals surface area contributed by atoms with Crippen molar-refractivity contribution in [2.75, 3.05) is 12.4 Å². The lowest BCUT2D eigenvalue weighted by Crippen LogP contribution is -2.19. The predicted molar refractivity (Wildman–Crippen MR) is 68.0 cm³/mol. The van der Waals surface area contributed by atoms with Crippen molar-refractivity contribution in [3.63, 3.8) is 0 Å². The van der Waals surface area contributed by atoms with Crippen molar-refractivity contribution in [2.24, 2.45) is 0 Å². The highest BCUT2D eigenvalue weighted by Gasteiger charge is 2.28. The summed E-state index contributed by atoms with van der Waals surface area (Å²) in [7, 11) is 0. The topological polar surface area (TPSA) is 26.3 Å². The van der Waals surface area contributed by atoms with Crippen molar-refractivity contribution in [1.82, 2.24) is 0 Å². The number of carbonyl (C=O) groups is 1. The van der Waals surface area contributed by atoms with Gasteiger partial charge in [-0.3, -0.25) is 4.79 Å². The highest BCUT2D eigenvalue weighted by atomic mass is 32.2. The van der Waals surface area contributed by atoms with E-state index in [2.05, 4.69) is 16.6 Å². The zero-order valence-electron chi connectivity index (χ0n) is 10.1. The van der Waals surface area contributed by atoms with Crippen molar-refractivity contribution in [1.29, 1.82) is 0 Å². The molecule has 6 heteroatoms. The van der Waals surface area contributed by atoms with Gasteiger partial charge in [0.15, 0.2) is 11.7 Å². The van der Waals surface area contributed by atoms with Gasteiger partial charge in [0.05, 0.1) is 5.75 Å². The van der Waals surface area contributed by atoms with E-state index in [1.165, 1.54) is 19.1 Å². The molecule has 0 saturated heterocycles. The molecular formula is C13H11F3O2S. The van der Waals surface area contributed by atoms with E-state index < -0.39 is 12.8 Å². The molecule has 0 aromatic heterocycles. The molecule has 0 aliphatic carbocycles. The normalized spacial score (nSPS) is 10.5. The van der Waals surface area contributed by atoms with Gasteiger partial charge in [0, 0.05) is 12.5 Å². The second-order valence-electron chi connectivity index (χ2n) is 3.51. The number of thioether (sulfide) groups is 1. The Morgan fingerprint density at radius 1 is 1.32 bits per heavy atom. The van der Waals surface area contributed by atoms with Gasteiger partial charge >= 0.3 is 6.18 Å². The van der Waals surface area contributed by atoms with Crippen LogP contribution in [0.3, 0.4) is 0 Å². The van der Waals surface area contributed by atoms with E-state index in [1.807, 2.05) is 0 Å². The predicted octanol–water partition coefficient (Wildman–Crippen LogP) is 3.26. The molecule has 102 valence electrons. The number of hydrogen-bond acceptors (Lipinski definition) is 3. The standard InChI is InChI=1S/C13H11F3O2S/c1-10(17)19-8-2-3-11-4-6-12(7-5-11)18-9-13(14,15)16/h4-7H,8-9H2,1H3. The van der Waals surface area contributed by atoms with Gasteiger partial charge in [-0.1, -0.05) is 23.6 Å². The smallest absolute Gasteiger partial charge is 0.422 e. The SMILES string of the molecule is CC(=O)SCC#Cc1ccc(OCC(F)(F)F)cc1. The van der Waals surface area contributed by atoms with Gasteiger partial charge in [-0.15, -0.1) is 0 Å². The van der Waals surface area contributed by atoms with Gasteiger partial charge in [-0.05, 0) is 24.3 Å². The first kappa shape index (κ1) is 15.4. The van der Waals surface area contributed by atoms with E-state index >= 15 is 0 Å². The minimum atomic E-state index is -4.34. The molecule has 0 spiro atoms. The Morgan fingerprint density at radius 3 is 2.47 bits per heavy atom. The maximum absolute atomic E-state index is 11.9. The largest absolute Gasteiger partial charge is 0.484 e. The van der Waals surface area contributed by atoms with E-state index in [0.717, 1.165) is 11.8 Å². The van der Waals surface area contributed by atoms with Crippen molar-refractivity contribution in [3.05, 3.63) is 29.8 Å². The average molecular weight is 288 g/mol. The Labute approximate surface area is 113 Å². The van der Waals surface area contributed by atoms with E-state index in [9.17, 15) is 18.0 Å². The number of halogens is 3. The van der Waals surface area contributed by atoms with Crippen LogP contribution in [0.2, 0.25) is 0 Å². The first-order chi connectivity index (χ1) is 8.87. The molecule has 0 aliphatic heterocycles. The average Bonchev–Trinajstić information content (AvgIpc) is 2.32. The third-order valence-electron chi connectivity index (χ3n) is 1.84. The lowest BCUT2D eigenvalue weighted by atomic mass is 10.2. The molecule has 0 aliphatic rings. The Morgan fingerprint density at radius 2 is 1.95 bits per heavy atom. The summed E-state index contributed by atoms with van der Waals surface area (Å²) in [5, 5.41) is -0.00908. The van der Waals surface area contributed by atoms with Crippen LogP contribution in [0.1, 0.15) is 12.5 Å². The fourth-order valence-electron chi connectivity index (χ4n) is 1.08. The van der Waals surface area contributed by atoms with Gasteiger partial charge in [0.1, 0.15) is 5.75 Å². The number of alkyl halides is 3. The Bertz CT molecular complexity index is 483. The summed E-state index contributed by atoms with van der Waals surface area (Å²) in [6, 6.07) is 5.98.